The van der Waals surface area contributed by atoms with E-state index in [0.717, 1.165) is 86.5 Å². The first kappa shape index (κ1) is 37.2. The third-order valence-corrected chi connectivity index (χ3v) is 11.6. The van der Waals surface area contributed by atoms with Gasteiger partial charge in [-0.3, -0.25) is 0 Å². The van der Waals surface area contributed by atoms with Gasteiger partial charge in [-0.25, -0.2) is 9.59 Å². The van der Waals surface area contributed by atoms with Gasteiger partial charge < -0.3 is 18.9 Å². The van der Waals surface area contributed by atoms with Gasteiger partial charge in [0, 0.05) is 34.1 Å². The molecule has 2 atom stereocenters. The number of fused-ring (bicyclic) bond motifs is 2. The van der Waals surface area contributed by atoms with Crippen LogP contribution in [0.1, 0.15) is 100 Å². The van der Waals surface area contributed by atoms with Crippen LogP contribution in [0.2, 0.25) is 0 Å². The number of ether oxygens (including phenoxy) is 4. The molecule has 0 radical (unpaired) electrons. The highest BCUT2D eigenvalue weighted by molar-refractivity contribution is 5.91. The Balaban J connectivity index is 1.20. The van der Waals surface area contributed by atoms with Gasteiger partial charge in [0.25, 0.3) is 0 Å². The Morgan fingerprint density at radius 3 is 1.04 bits per heavy atom. The summed E-state index contributed by atoms with van der Waals surface area (Å²) in [5.74, 6) is 0.248. The summed E-state index contributed by atoms with van der Waals surface area (Å²) < 4.78 is 25.8. The molecule has 0 spiro atoms. The minimum atomic E-state index is -0.846. The zero-order valence-corrected chi connectivity index (χ0v) is 31.6. The lowest BCUT2D eigenvalue weighted by molar-refractivity contribution is -0.141. The van der Waals surface area contributed by atoms with Crippen LogP contribution < -0.4 is 0 Å². The summed E-state index contributed by atoms with van der Waals surface area (Å²) in [6.07, 6.45) is 8.40. The molecule has 6 heteroatoms. The van der Waals surface area contributed by atoms with Crippen molar-refractivity contribution in [1.29, 1.82) is 0 Å². The second-order valence-electron chi connectivity index (χ2n) is 14.9. The van der Waals surface area contributed by atoms with Crippen molar-refractivity contribution in [2.45, 2.75) is 89.3 Å². The summed E-state index contributed by atoms with van der Waals surface area (Å²) in [5.41, 5.74) is 3.71. The Bertz CT molecular complexity index is 1710. The molecule has 6 nitrogen and oxygen atoms in total. The maximum Gasteiger partial charge on any atom is 0.337 e. The van der Waals surface area contributed by atoms with Crippen molar-refractivity contribution >= 4 is 11.9 Å². The van der Waals surface area contributed by atoms with Crippen molar-refractivity contribution in [3.8, 4) is 0 Å². The van der Waals surface area contributed by atoms with Crippen LogP contribution in [-0.2, 0) is 39.7 Å². The molecule has 0 N–H and O–H groups in total. The highest BCUT2D eigenvalue weighted by atomic mass is 16.5. The third-order valence-electron chi connectivity index (χ3n) is 11.6. The largest absolute Gasteiger partial charge is 0.481 e. The lowest BCUT2D eigenvalue weighted by Gasteiger charge is -2.37. The van der Waals surface area contributed by atoms with Gasteiger partial charge in [0.1, 0.15) is 11.5 Å². The molecule has 0 aliphatic carbocycles. The quantitative estimate of drug-likeness (QED) is 0.195. The molecule has 3 aliphatic heterocycles. The highest BCUT2D eigenvalue weighted by Gasteiger charge is 2.54. The van der Waals surface area contributed by atoms with E-state index in [1.807, 2.05) is 86.6 Å². The van der Waals surface area contributed by atoms with Gasteiger partial charge in [-0.05, 0) is 52.4 Å². The van der Waals surface area contributed by atoms with Gasteiger partial charge in [0.15, 0.2) is 11.2 Å². The second kappa shape index (κ2) is 16.9. The normalized spacial score (nSPS) is 22.6. The fourth-order valence-electron chi connectivity index (χ4n) is 9.11. The van der Waals surface area contributed by atoms with Crippen LogP contribution in [0.5, 0.6) is 0 Å². The Morgan fingerprint density at radius 1 is 0.426 bits per heavy atom. The van der Waals surface area contributed by atoms with Crippen molar-refractivity contribution in [3.63, 3.8) is 0 Å². The van der Waals surface area contributed by atoms with Crippen LogP contribution >= 0.6 is 0 Å². The molecular weight excluding hydrogens is 673 g/mol. The maximum atomic E-state index is 14.0. The monoisotopic (exact) mass is 724 g/mol. The number of carbonyl (C=O) groups excluding carboxylic acids is 2. The van der Waals surface area contributed by atoms with E-state index in [9.17, 15) is 9.59 Å². The minimum absolute atomic E-state index is 0.223. The molecule has 1 saturated heterocycles. The Labute approximate surface area is 320 Å². The lowest BCUT2D eigenvalue weighted by Crippen LogP contribution is -2.37. The van der Waals surface area contributed by atoms with Gasteiger partial charge in [0.2, 0.25) is 0 Å². The molecule has 1 fully saturated rings. The van der Waals surface area contributed by atoms with Crippen LogP contribution in [0.3, 0.4) is 0 Å². The fraction of sp³-hybridized carbons (Fsp3) is 0.375. The summed E-state index contributed by atoms with van der Waals surface area (Å²) in [6, 6.07) is 41.3. The third kappa shape index (κ3) is 7.23. The van der Waals surface area contributed by atoms with E-state index in [0.29, 0.717) is 35.9 Å². The molecule has 7 rings (SSSR count). The molecule has 280 valence electrons. The van der Waals surface area contributed by atoms with E-state index < -0.39 is 11.2 Å². The zero-order valence-electron chi connectivity index (χ0n) is 31.6. The van der Waals surface area contributed by atoms with Crippen molar-refractivity contribution < 1.29 is 28.5 Å². The smallest absolute Gasteiger partial charge is 0.337 e. The maximum absolute atomic E-state index is 14.0. The van der Waals surface area contributed by atoms with Crippen molar-refractivity contribution in [2.24, 2.45) is 11.8 Å². The van der Waals surface area contributed by atoms with Gasteiger partial charge in [-0.15, -0.1) is 0 Å². The van der Waals surface area contributed by atoms with E-state index in [1.54, 1.807) is 0 Å². The van der Waals surface area contributed by atoms with Crippen LogP contribution in [0, 0.1) is 11.8 Å². The van der Waals surface area contributed by atoms with Crippen LogP contribution in [-0.4, -0.2) is 25.2 Å². The summed E-state index contributed by atoms with van der Waals surface area (Å²) in [5, 5.41) is 0. The number of cyclic esters (lactones) is 2. The Hall–Kier alpha value is -5.10. The second-order valence-corrected chi connectivity index (χ2v) is 14.9. The Kier molecular flexibility index (Phi) is 11.7. The Morgan fingerprint density at radius 2 is 0.722 bits per heavy atom. The number of hydrogen-bond acceptors (Lipinski definition) is 6. The SMILES string of the molecule is CC1=C2C(=O)OCCCCCCOC(=O)C3=C(C)OC(c4ccccc4)(c4ccccc4)C3CCCCCCC2C(c2ccccc2)(c2ccccc2)O1. The number of esters is 2. The van der Waals surface area contributed by atoms with E-state index in [4.69, 9.17) is 18.9 Å². The van der Waals surface area contributed by atoms with E-state index in [2.05, 4.69) is 48.5 Å². The fourth-order valence-corrected chi connectivity index (χ4v) is 9.11. The summed E-state index contributed by atoms with van der Waals surface area (Å²) in [4.78, 5) is 27.9. The summed E-state index contributed by atoms with van der Waals surface area (Å²) in [7, 11) is 0. The number of hydrogen-bond donors (Lipinski definition) is 0. The molecule has 0 amide bonds. The van der Waals surface area contributed by atoms with Crippen molar-refractivity contribution in [3.05, 3.63) is 166 Å². The van der Waals surface area contributed by atoms with Crippen LogP contribution in [0.4, 0.5) is 0 Å². The van der Waals surface area contributed by atoms with Crippen LogP contribution in [0.25, 0.3) is 0 Å². The van der Waals surface area contributed by atoms with Gasteiger partial charge in [-0.1, -0.05) is 147 Å². The number of benzene rings is 4. The average Bonchev–Trinajstić information content (AvgIpc) is 3.69. The number of carbonyl (C=O) groups is 2. The first-order valence-corrected chi connectivity index (χ1v) is 19.8. The molecule has 2 unspecified atom stereocenters. The van der Waals surface area contributed by atoms with E-state index in [1.165, 1.54) is 0 Å². The average molecular weight is 725 g/mol. The van der Waals surface area contributed by atoms with Crippen molar-refractivity contribution in [1.82, 2.24) is 0 Å². The standard InChI is InChI=1S/C48H52O6/c1-35-43-41(47(53-35,37-23-11-7-12-24-37)38-25-13-8-14-26-38)31-19-3-4-20-32-42-44(46(50)52-34-22-6-5-21-33-51-45(43)49)36(2)54-48(42,39-27-15-9-16-28-39)40-29-17-10-18-30-40/h7-18,23-30,41-42H,3-6,19-22,31-34H2,1-2H3. The minimum Gasteiger partial charge on any atom is -0.481 e. The van der Waals surface area contributed by atoms with E-state index in [-0.39, 0.29) is 23.8 Å². The van der Waals surface area contributed by atoms with Crippen molar-refractivity contribution in [2.75, 3.05) is 13.2 Å². The topological polar surface area (TPSA) is 71.1 Å². The molecule has 4 aromatic rings. The lowest BCUT2D eigenvalue weighted by atomic mass is 9.71. The first-order valence-electron chi connectivity index (χ1n) is 19.8. The first-order chi connectivity index (χ1) is 26.5. The molecule has 0 bridgehead atoms. The van der Waals surface area contributed by atoms with Gasteiger partial charge >= 0.3 is 11.9 Å². The molecular formula is C48H52O6. The molecule has 0 saturated carbocycles. The molecule has 0 aromatic heterocycles. The predicted octanol–water partition coefficient (Wildman–Crippen LogP) is 10.7. The zero-order chi connectivity index (χ0) is 37.4. The number of allylic oxidation sites excluding steroid dienone is 2. The van der Waals surface area contributed by atoms with Gasteiger partial charge in [-0.2, -0.15) is 0 Å². The van der Waals surface area contributed by atoms with E-state index >= 15 is 0 Å². The summed E-state index contributed by atoms with van der Waals surface area (Å²) >= 11 is 0. The molecule has 54 heavy (non-hydrogen) atoms. The molecule has 3 heterocycles. The summed E-state index contributed by atoms with van der Waals surface area (Å²) in [6.45, 7) is 4.49. The highest BCUT2D eigenvalue weighted by Crippen LogP contribution is 2.55. The van der Waals surface area contributed by atoms with Gasteiger partial charge in [0.05, 0.1) is 24.4 Å². The molecule has 4 aromatic carbocycles. The number of rotatable bonds is 4. The molecule has 3 aliphatic rings. The van der Waals surface area contributed by atoms with Crippen LogP contribution in [0.15, 0.2) is 144 Å². The predicted molar refractivity (Wildman–Crippen MR) is 210 cm³/mol.